The Morgan fingerprint density at radius 2 is 1.96 bits per heavy atom. The lowest BCUT2D eigenvalue weighted by Crippen LogP contribution is -2.34. The summed E-state index contributed by atoms with van der Waals surface area (Å²) in [5.41, 5.74) is 4.98. The summed E-state index contributed by atoms with van der Waals surface area (Å²) in [6.45, 7) is -0.310. The summed E-state index contributed by atoms with van der Waals surface area (Å²) >= 11 is 4.71. The third-order valence-corrected chi connectivity index (χ3v) is 5.05. The van der Waals surface area contributed by atoms with Crippen LogP contribution in [0, 0.1) is 10.1 Å². The lowest BCUT2D eigenvalue weighted by atomic mass is 10.2. The molecule has 0 saturated heterocycles. The summed E-state index contributed by atoms with van der Waals surface area (Å²) in [6, 6.07) is 13.9. The molecular formula is C18H15BrN4O4S. The monoisotopic (exact) mass is 462 g/mol. The molecule has 8 nitrogen and oxygen atoms in total. The maximum atomic E-state index is 11.2. The van der Waals surface area contributed by atoms with E-state index < -0.39 is 10.9 Å². The number of hydrogen-bond acceptors (Lipinski definition) is 7. The van der Waals surface area contributed by atoms with E-state index in [0.29, 0.717) is 10.7 Å². The van der Waals surface area contributed by atoms with Gasteiger partial charge in [0.15, 0.2) is 5.13 Å². The van der Waals surface area contributed by atoms with Crippen LogP contribution in [0.1, 0.15) is 5.56 Å². The number of hydrazine groups is 1. The zero-order valence-electron chi connectivity index (χ0n) is 14.4. The van der Waals surface area contributed by atoms with Gasteiger partial charge in [-0.05, 0) is 12.1 Å². The molecule has 0 bridgehead atoms. The van der Waals surface area contributed by atoms with Gasteiger partial charge in [-0.3, -0.25) is 20.3 Å². The number of aliphatic carboxylic acids is 1. The summed E-state index contributed by atoms with van der Waals surface area (Å²) < 4.78 is 0.960. The molecule has 28 heavy (non-hydrogen) atoms. The van der Waals surface area contributed by atoms with E-state index in [1.807, 2.05) is 29.6 Å². The Morgan fingerprint density at radius 3 is 2.64 bits per heavy atom. The van der Waals surface area contributed by atoms with E-state index in [2.05, 4.69) is 26.3 Å². The number of halogens is 1. The summed E-state index contributed by atoms with van der Waals surface area (Å²) in [7, 11) is 0. The van der Waals surface area contributed by atoms with E-state index in [0.717, 1.165) is 15.7 Å². The van der Waals surface area contributed by atoms with Crippen molar-refractivity contribution in [3.8, 4) is 11.3 Å². The predicted octanol–water partition coefficient (Wildman–Crippen LogP) is 4.39. The van der Waals surface area contributed by atoms with E-state index in [1.54, 1.807) is 18.2 Å². The van der Waals surface area contributed by atoms with E-state index in [4.69, 9.17) is 0 Å². The van der Waals surface area contributed by atoms with Gasteiger partial charge in [0, 0.05) is 27.0 Å². The van der Waals surface area contributed by atoms with Crippen molar-refractivity contribution in [3.63, 3.8) is 0 Å². The highest BCUT2D eigenvalue weighted by atomic mass is 79.9. The van der Waals surface area contributed by atoms with Gasteiger partial charge in [0.25, 0.3) is 5.69 Å². The number of anilines is 1. The van der Waals surface area contributed by atoms with Crippen molar-refractivity contribution < 1.29 is 14.8 Å². The van der Waals surface area contributed by atoms with Gasteiger partial charge in [0.05, 0.1) is 17.2 Å². The Hall–Kier alpha value is -2.82. The molecule has 0 amide bonds. The second kappa shape index (κ2) is 8.91. The summed E-state index contributed by atoms with van der Waals surface area (Å²) in [6.07, 6.45) is 0. The third kappa shape index (κ3) is 5.12. The third-order valence-electron chi connectivity index (χ3n) is 3.77. The molecule has 3 rings (SSSR count). The minimum absolute atomic E-state index is 0.0383. The van der Waals surface area contributed by atoms with E-state index in [9.17, 15) is 20.0 Å². The van der Waals surface area contributed by atoms with Crippen LogP contribution in [0.4, 0.5) is 10.8 Å². The molecule has 2 N–H and O–H groups in total. The Balaban J connectivity index is 1.79. The van der Waals surface area contributed by atoms with Gasteiger partial charge in [-0.25, -0.2) is 9.99 Å². The molecule has 1 heterocycles. The molecule has 1 aromatic heterocycles. The fourth-order valence-electron chi connectivity index (χ4n) is 2.54. The smallest absolute Gasteiger partial charge is 0.319 e. The van der Waals surface area contributed by atoms with Gasteiger partial charge in [0.2, 0.25) is 0 Å². The molecule has 10 heteroatoms. The van der Waals surface area contributed by atoms with Gasteiger partial charge in [-0.2, -0.15) is 0 Å². The molecule has 0 aliphatic carbocycles. The number of carboxylic acids is 1. The van der Waals surface area contributed by atoms with Crippen LogP contribution in [0.2, 0.25) is 0 Å². The average Bonchev–Trinajstić information content (AvgIpc) is 3.10. The quantitative estimate of drug-likeness (QED) is 0.377. The maximum absolute atomic E-state index is 11.2. The lowest BCUT2D eigenvalue weighted by Gasteiger charge is -2.20. The highest BCUT2D eigenvalue weighted by Crippen LogP contribution is 2.27. The molecule has 0 unspecified atom stereocenters. The van der Waals surface area contributed by atoms with E-state index >= 15 is 0 Å². The van der Waals surface area contributed by atoms with E-state index in [1.165, 1.54) is 22.4 Å². The number of para-hydroxylation sites is 1. The van der Waals surface area contributed by atoms with Crippen molar-refractivity contribution in [3.05, 3.63) is 74.1 Å². The van der Waals surface area contributed by atoms with Crippen LogP contribution in [0.5, 0.6) is 0 Å². The standard InChI is InChI=1S/C18H15BrN4O4S/c19-14-7-5-12(6-8-14)15-11-28-18(20-15)21-22(10-17(24)25)9-13-3-1-2-4-16(13)23(26)27/h1-8,11H,9-10H2,(H,20,21)(H,24,25). The Labute approximate surface area is 172 Å². The zero-order chi connectivity index (χ0) is 20.1. The van der Waals surface area contributed by atoms with Crippen molar-refractivity contribution in [1.29, 1.82) is 0 Å². The molecule has 0 atom stereocenters. The van der Waals surface area contributed by atoms with Crippen molar-refractivity contribution in [2.75, 3.05) is 12.0 Å². The summed E-state index contributed by atoms with van der Waals surface area (Å²) in [4.78, 5) is 26.4. The molecule has 0 aliphatic heterocycles. The van der Waals surface area contributed by atoms with Gasteiger partial charge in [0.1, 0.15) is 6.54 Å². The number of carbonyl (C=O) groups is 1. The number of aromatic nitrogens is 1. The minimum atomic E-state index is -1.06. The van der Waals surface area contributed by atoms with Crippen LogP contribution in [-0.2, 0) is 11.3 Å². The fraction of sp³-hybridized carbons (Fsp3) is 0.111. The Bertz CT molecular complexity index is 993. The zero-order valence-corrected chi connectivity index (χ0v) is 16.8. The molecule has 0 spiro atoms. The van der Waals surface area contributed by atoms with Crippen LogP contribution < -0.4 is 5.43 Å². The molecule has 0 radical (unpaired) electrons. The number of thiazole rings is 1. The van der Waals surface area contributed by atoms with Crippen LogP contribution >= 0.6 is 27.3 Å². The number of hydrogen-bond donors (Lipinski definition) is 2. The molecule has 0 aliphatic rings. The number of rotatable bonds is 8. The topological polar surface area (TPSA) is 109 Å². The second-order valence-electron chi connectivity index (χ2n) is 5.79. The largest absolute Gasteiger partial charge is 0.480 e. The van der Waals surface area contributed by atoms with Crippen molar-refractivity contribution >= 4 is 44.1 Å². The first-order chi connectivity index (χ1) is 13.4. The first-order valence-electron chi connectivity index (χ1n) is 8.09. The van der Waals surface area contributed by atoms with Crippen molar-refractivity contribution in [2.24, 2.45) is 0 Å². The molecule has 0 fully saturated rings. The first kappa shape index (κ1) is 19.9. The van der Waals surface area contributed by atoms with Gasteiger partial charge < -0.3 is 5.11 Å². The molecular weight excluding hydrogens is 448 g/mol. The Kier molecular flexibility index (Phi) is 6.34. The van der Waals surface area contributed by atoms with Crippen LogP contribution in [0.25, 0.3) is 11.3 Å². The lowest BCUT2D eigenvalue weighted by molar-refractivity contribution is -0.385. The molecule has 2 aromatic carbocycles. The summed E-state index contributed by atoms with van der Waals surface area (Å²) in [5, 5.41) is 24.1. The predicted molar refractivity (Wildman–Crippen MR) is 110 cm³/mol. The Morgan fingerprint density at radius 1 is 1.25 bits per heavy atom. The summed E-state index contributed by atoms with van der Waals surface area (Å²) in [5.74, 6) is -1.06. The maximum Gasteiger partial charge on any atom is 0.319 e. The van der Waals surface area contributed by atoms with Gasteiger partial charge in [-0.15, -0.1) is 11.3 Å². The number of nitro benzene ring substituents is 1. The van der Waals surface area contributed by atoms with Gasteiger partial charge in [-0.1, -0.05) is 46.3 Å². The minimum Gasteiger partial charge on any atom is -0.480 e. The molecule has 0 saturated carbocycles. The average molecular weight is 463 g/mol. The van der Waals surface area contributed by atoms with Crippen molar-refractivity contribution in [2.45, 2.75) is 6.54 Å². The van der Waals surface area contributed by atoms with E-state index in [-0.39, 0.29) is 18.8 Å². The highest BCUT2D eigenvalue weighted by Gasteiger charge is 2.18. The SMILES string of the molecule is O=C(O)CN(Cc1ccccc1[N+](=O)[O-])Nc1nc(-c2ccc(Br)cc2)cs1. The highest BCUT2D eigenvalue weighted by molar-refractivity contribution is 9.10. The number of carboxylic acid groups (broad SMARTS) is 1. The van der Waals surface area contributed by atoms with Crippen LogP contribution in [0.15, 0.2) is 58.4 Å². The number of nitrogens with zero attached hydrogens (tertiary/aromatic N) is 3. The van der Waals surface area contributed by atoms with Crippen LogP contribution in [-0.4, -0.2) is 32.5 Å². The van der Waals surface area contributed by atoms with Gasteiger partial charge >= 0.3 is 5.97 Å². The first-order valence-corrected chi connectivity index (χ1v) is 9.77. The second-order valence-corrected chi connectivity index (χ2v) is 7.57. The molecule has 144 valence electrons. The fourth-order valence-corrected chi connectivity index (χ4v) is 3.55. The van der Waals surface area contributed by atoms with Crippen molar-refractivity contribution in [1.82, 2.24) is 9.99 Å². The van der Waals surface area contributed by atoms with Crippen LogP contribution in [0.3, 0.4) is 0 Å². The molecule has 3 aromatic rings. The number of nitrogens with one attached hydrogen (secondary N) is 1. The number of benzene rings is 2. The number of nitro groups is 1. The normalized spacial score (nSPS) is 10.8.